The van der Waals surface area contributed by atoms with Gasteiger partial charge in [0, 0.05) is 22.3 Å². The number of hydrogen-bond acceptors (Lipinski definition) is 4. The third-order valence-corrected chi connectivity index (χ3v) is 3.64. The number of aromatic amines is 1. The molecule has 3 aromatic rings. The molecule has 132 valence electrons. The lowest BCUT2D eigenvalue weighted by Crippen LogP contribution is -2.24. The van der Waals surface area contributed by atoms with E-state index < -0.39 is 11.9 Å². The van der Waals surface area contributed by atoms with Crippen LogP contribution in [0.25, 0.3) is 10.9 Å². The van der Waals surface area contributed by atoms with Crippen LogP contribution >= 0.6 is 0 Å². The van der Waals surface area contributed by atoms with Gasteiger partial charge in [0.1, 0.15) is 5.69 Å². The van der Waals surface area contributed by atoms with E-state index in [9.17, 15) is 14.4 Å². The molecule has 1 aromatic heterocycles. The second-order valence-electron chi connectivity index (χ2n) is 5.48. The molecule has 0 atom stereocenters. The number of carbonyl (C=O) groups excluding carboxylic acids is 3. The van der Waals surface area contributed by atoms with Crippen LogP contribution in [0.3, 0.4) is 0 Å². The largest absolute Gasteiger partial charge is 0.459 e. The highest BCUT2D eigenvalue weighted by atomic mass is 16.5. The van der Waals surface area contributed by atoms with Crippen molar-refractivity contribution in [3.63, 3.8) is 0 Å². The molecular weight excluding hydrogens is 334 g/mol. The molecule has 3 rings (SSSR count). The summed E-state index contributed by atoms with van der Waals surface area (Å²) in [5, 5.41) is 6.15. The van der Waals surface area contributed by atoms with Crippen LogP contribution in [-0.2, 0) is 14.3 Å². The molecule has 7 heteroatoms. The van der Waals surface area contributed by atoms with Crippen molar-refractivity contribution in [3.05, 3.63) is 60.3 Å². The van der Waals surface area contributed by atoms with E-state index in [1.807, 2.05) is 24.3 Å². The topological polar surface area (TPSA) is 100 Å². The number of H-pyrrole nitrogens is 1. The molecule has 0 aliphatic carbocycles. The zero-order valence-electron chi connectivity index (χ0n) is 14.0. The lowest BCUT2D eigenvalue weighted by atomic mass is 10.2. The van der Waals surface area contributed by atoms with E-state index in [4.69, 9.17) is 0 Å². The molecule has 0 spiro atoms. The van der Waals surface area contributed by atoms with E-state index in [2.05, 4.69) is 20.4 Å². The quantitative estimate of drug-likeness (QED) is 0.497. The minimum Gasteiger partial charge on any atom is -0.459 e. The number of amides is 2. The first-order valence-electron chi connectivity index (χ1n) is 8.04. The Labute approximate surface area is 149 Å². The van der Waals surface area contributed by atoms with Gasteiger partial charge in [-0.05, 0) is 43.3 Å². The Kier molecular flexibility index (Phi) is 4.98. The smallest absolute Gasteiger partial charge is 0.397 e. The molecule has 2 amide bonds. The zero-order chi connectivity index (χ0) is 18.5. The normalized spacial score (nSPS) is 10.3. The van der Waals surface area contributed by atoms with Gasteiger partial charge in [-0.1, -0.05) is 18.2 Å². The maximum atomic E-state index is 12.3. The van der Waals surface area contributed by atoms with Gasteiger partial charge < -0.3 is 20.4 Å². The first kappa shape index (κ1) is 17.2. The van der Waals surface area contributed by atoms with Gasteiger partial charge in [0.2, 0.25) is 0 Å². The molecular formula is C19H17N3O4. The summed E-state index contributed by atoms with van der Waals surface area (Å²) in [7, 11) is 0. The van der Waals surface area contributed by atoms with Crippen LogP contribution in [0.4, 0.5) is 11.4 Å². The van der Waals surface area contributed by atoms with E-state index in [0.717, 1.165) is 10.9 Å². The lowest BCUT2D eigenvalue weighted by molar-refractivity contribution is -0.152. The fraction of sp³-hybridized carbons (Fsp3) is 0.105. The fourth-order valence-corrected chi connectivity index (χ4v) is 2.41. The molecule has 7 nitrogen and oxygen atoms in total. The minimum atomic E-state index is -0.941. The average Bonchev–Trinajstić information content (AvgIpc) is 3.08. The maximum Gasteiger partial charge on any atom is 0.397 e. The standard InChI is InChI=1S/C19H17N3O4/c1-2-26-19(25)18(24)21-14-9-7-13(8-10-14)20-17(23)16-11-12-5-3-4-6-15(12)22-16/h3-11,22H,2H2,1H3,(H,20,23)(H,21,24). The van der Waals surface area contributed by atoms with E-state index in [0.29, 0.717) is 17.1 Å². The molecule has 0 aliphatic heterocycles. The molecule has 3 N–H and O–H groups in total. The Hall–Kier alpha value is -3.61. The summed E-state index contributed by atoms with van der Waals surface area (Å²) < 4.78 is 4.61. The van der Waals surface area contributed by atoms with E-state index in [-0.39, 0.29) is 12.5 Å². The molecule has 2 aromatic carbocycles. The second kappa shape index (κ2) is 7.52. The van der Waals surface area contributed by atoms with Crippen molar-refractivity contribution in [1.82, 2.24) is 4.98 Å². The third kappa shape index (κ3) is 3.89. The molecule has 0 fully saturated rings. The first-order valence-corrected chi connectivity index (χ1v) is 8.04. The molecule has 0 radical (unpaired) electrons. The van der Waals surface area contributed by atoms with Gasteiger partial charge in [0.15, 0.2) is 0 Å². The highest BCUT2D eigenvalue weighted by molar-refractivity contribution is 6.37. The SMILES string of the molecule is CCOC(=O)C(=O)Nc1ccc(NC(=O)c2cc3ccccc3[nH]2)cc1. The molecule has 0 saturated heterocycles. The number of ether oxygens (including phenoxy) is 1. The molecule has 0 aliphatic rings. The number of benzene rings is 2. The third-order valence-electron chi connectivity index (χ3n) is 3.64. The fourth-order valence-electron chi connectivity index (χ4n) is 2.41. The second-order valence-corrected chi connectivity index (χ2v) is 5.48. The van der Waals surface area contributed by atoms with Crippen molar-refractivity contribution in [3.8, 4) is 0 Å². The van der Waals surface area contributed by atoms with Gasteiger partial charge in [-0.2, -0.15) is 0 Å². The Morgan fingerprint density at radius 2 is 1.62 bits per heavy atom. The number of carbonyl (C=O) groups is 3. The van der Waals surface area contributed by atoms with Crippen LogP contribution in [0.1, 0.15) is 17.4 Å². The highest BCUT2D eigenvalue weighted by Crippen LogP contribution is 2.17. The Morgan fingerprint density at radius 1 is 0.962 bits per heavy atom. The van der Waals surface area contributed by atoms with E-state index in [1.165, 1.54) is 0 Å². The predicted molar refractivity (Wildman–Crippen MR) is 98.0 cm³/mol. The number of rotatable bonds is 4. The van der Waals surface area contributed by atoms with Crippen molar-refractivity contribution in [1.29, 1.82) is 0 Å². The summed E-state index contributed by atoms with van der Waals surface area (Å²) in [6, 6.07) is 15.8. The van der Waals surface area contributed by atoms with E-state index in [1.54, 1.807) is 37.3 Å². The minimum absolute atomic E-state index is 0.130. The molecule has 26 heavy (non-hydrogen) atoms. The summed E-state index contributed by atoms with van der Waals surface area (Å²) in [5.74, 6) is -2.06. The number of aromatic nitrogens is 1. The lowest BCUT2D eigenvalue weighted by Gasteiger charge is -2.07. The first-order chi connectivity index (χ1) is 12.6. The number of nitrogens with one attached hydrogen (secondary N) is 3. The van der Waals surface area contributed by atoms with E-state index >= 15 is 0 Å². The van der Waals surface area contributed by atoms with Crippen LogP contribution in [-0.4, -0.2) is 29.4 Å². The van der Waals surface area contributed by atoms with Crippen LogP contribution in [0.5, 0.6) is 0 Å². The van der Waals surface area contributed by atoms with Gasteiger partial charge in [-0.25, -0.2) is 4.79 Å². The van der Waals surface area contributed by atoms with Gasteiger partial charge >= 0.3 is 11.9 Å². The summed E-state index contributed by atoms with van der Waals surface area (Å²) in [5.41, 5.74) is 2.31. The number of anilines is 2. The molecule has 0 bridgehead atoms. The predicted octanol–water partition coefficient (Wildman–Crippen LogP) is 2.92. The maximum absolute atomic E-state index is 12.3. The number of hydrogen-bond donors (Lipinski definition) is 3. The summed E-state index contributed by atoms with van der Waals surface area (Å²) >= 11 is 0. The van der Waals surface area contributed by atoms with Crippen LogP contribution in [0.2, 0.25) is 0 Å². The highest BCUT2D eigenvalue weighted by Gasteiger charge is 2.15. The monoisotopic (exact) mass is 351 g/mol. The number of fused-ring (bicyclic) bond motifs is 1. The Bertz CT molecular complexity index is 927. The van der Waals surface area contributed by atoms with Gasteiger partial charge in [0.25, 0.3) is 5.91 Å². The van der Waals surface area contributed by atoms with Crippen molar-refractivity contribution < 1.29 is 19.1 Å². The van der Waals surface area contributed by atoms with Crippen LogP contribution < -0.4 is 10.6 Å². The number of esters is 1. The molecule has 0 unspecified atom stereocenters. The van der Waals surface area contributed by atoms with Crippen molar-refractivity contribution in [2.24, 2.45) is 0 Å². The van der Waals surface area contributed by atoms with Gasteiger partial charge in [-0.15, -0.1) is 0 Å². The summed E-state index contributed by atoms with van der Waals surface area (Å²) in [6.07, 6.45) is 0. The zero-order valence-corrected chi connectivity index (χ0v) is 14.0. The molecule has 0 saturated carbocycles. The summed E-state index contributed by atoms with van der Waals surface area (Å²) in [4.78, 5) is 38.3. The summed E-state index contributed by atoms with van der Waals surface area (Å²) in [6.45, 7) is 1.75. The average molecular weight is 351 g/mol. The van der Waals surface area contributed by atoms with Crippen molar-refractivity contribution in [2.75, 3.05) is 17.2 Å². The Balaban J connectivity index is 1.64. The number of para-hydroxylation sites is 1. The van der Waals surface area contributed by atoms with Gasteiger partial charge in [-0.3, -0.25) is 9.59 Å². The van der Waals surface area contributed by atoms with Crippen LogP contribution in [0, 0.1) is 0 Å². The Morgan fingerprint density at radius 3 is 2.27 bits per heavy atom. The van der Waals surface area contributed by atoms with Crippen molar-refractivity contribution >= 4 is 40.1 Å². The van der Waals surface area contributed by atoms with Crippen LogP contribution in [0.15, 0.2) is 54.6 Å². The van der Waals surface area contributed by atoms with Gasteiger partial charge in [0.05, 0.1) is 6.61 Å². The van der Waals surface area contributed by atoms with Crippen molar-refractivity contribution in [2.45, 2.75) is 6.92 Å². The molecule has 1 heterocycles.